The van der Waals surface area contributed by atoms with Crippen LogP contribution in [0, 0.1) is 12.3 Å². The molecule has 0 aromatic carbocycles. The highest BCUT2D eigenvalue weighted by Gasteiger charge is 1.87. The van der Waals surface area contributed by atoms with Crippen LogP contribution < -0.4 is 0 Å². The van der Waals surface area contributed by atoms with E-state index in [-0.39, 0.29) is 0 Å². The molecule has 0 bridgehead atoms. The summed E-state index contributed by atoms with van der Waals surface area (Å²) in [7, 11) is 0. The Morgan fingerprint density at radius 3 is 2.92 bits per heavy atom. The lowest BCUT2D eigenvalue weighted by atomic mass is 10.2. The first-order chi connectivity index (χ1) is 5.91. The average Bonchev–Trinajstić information content (AvgIpc) is 2.10. The summed E-state index contributed by atoms with van der Waals surface area (Å²) >= 11 is 0. The minimum absolute atomic E-state index is 0.385. The monoisotopic (exact) mass is 167 g/mol. The zero-order valence-electron chi connectivity index (χ0n) is 7.07. The van der Waals surface area contributed by atoms with Gasteiger partial charge in [0.05, 0.1) is 0 Å². The molecule has 0 aliphatic rings. The van der Waals surface area contributed by atoms with Crippen LogP contribution in [0.1, 0.15) is 19.3 Å². The van der Waals surface area contributed by atoms with Gasteiger partial charge in [0, 0.05) is 18.1 Å². The summed E-state index contributed by atoms with van der Waals surface area (Å²) in [6.45, 7) is 1.66. The lowest BCUT2D eigenvalue weighted by Gasteiger charge is -1.98. The highest BCUT2D eigenvalue weighted by atomic mass is 16.5. The topological polar surface area (TPSA) is 58.0 Å². The predicted molar refractivity (Wildman–Crippen MR) is 47.5 cm³/mol. The van der Waals surface area contributed by atoms with Crippen LogP contribution in [0.25, 0.3) is 10.4 Å². The maximum atomic E-state index is 7.95. The van der Waals surface area contributed by atoms with Crippen molar-refractivity contribution in [2.45, 2.75) is 19.3 Å². The van der Waals surface area contributed by atoms with Crippen molar-refractivity contribution in [2.24, 2.45) is 5.11 Å². The highest BCUT2D eigenvalue weighted by Crippen LogP contribution is 1.95. The zero-order chi connectivity index (χ0) is 9.07. The van der Waals surface area contributed by atoms with Gasteiger partial charge in [-0.15, -0.1) is 6.42 Å². The van der Waals surface area contributed by atoms with Gasteiger partial charge in [-0.1, -0.05) is 17.5 Å². The molecule has 0 fully saturated rings. The minimum Gasteiger partial charge on any atom is -0.369 e. The molecule has 0 atom stereocenters. The van der Waals surface area contributed by atoms with Gasteiger partial charge in [-0.3, -0.25) is 0 Å². The molecule has 0 aliphatic heterocycles. The Balaban J connectivity index is 2.91. The Morgan fingerprint density at radius 1 is 1.42 bits per heavy atom. The Kier molecular flexibility index (Phi) is 8.87. The fourth-order valence-corrected chi connectivity index (χ4v) is 0.739. The summed E-state index contributed by atoms with van der Waals surface area (Å²) in [5.41, 5.74) is 7.95. The SMILES string of the molecule is C#CCOCCCCCN=[N+]=[N-]. The Bertz CT molecular complexity index is 179. The Morgan fingerprint density at radius 2 is 2.25 bits per heavy atom. The number of terminal acetylenes is 1. The first-order valence-corrected chi connectivity index (χ1v) is 3.94. The second kappa shape index (κ2) is 9.83. The quantitative estimate of drug-likeness (QED) is 0.188. The second-order valence-electron chi connectivity index (χ2n) is 2.27. The first-order valence-electron chi connectivity index (χ1n) is 3.94. The van der Waals surface area contributed by atoms with Gasteiger partial charge in [-0.25, -0.2) is 0 Å². The number of unbranched alkanes of at least 4 members (excludes halogenated alkanes) is 2. The van der Waals surface area contributed by atoms with E-state index in [1.165, 1.54) is 0 Å². The second-order valence-corrected chi connectivity index (χ2v) is 2.27. The third-order valence-electron chi connectivity index (χ3n) is 1.30. The van der Waals surface area contributed by atoms with Crippen LogP contribution in [0.5, 0.6) is 0 Å². The van der Waals surface area contributed by atoms with Crippen LogP contribution in [0.15, 0.2) is 5.11 Å². The van der Waals surface area contributed by atoms with Gasteiger partial charge in [0.1, 0.15) is 6.61 Å². The van der Waals surface area contributed by atoms with E-state index in [1.807, 2.05) is 0 Å². The van der Waals surface area contributed by atoms with Crippen molar-refractivity contribution in [3.05, 3.63) is 10.4 Å². The summed E-state index contributed by atoms with van der Waals surface area (Å²) in [5.74, 6) is 2.39. The molecule has 0 spiro atoms. The van der Waals surface area contributed by atoms with E-state index in [4.69, 9.17) is 16.7 Å². The summed E-state index contributed by atoms with van der Waals surface area (Å²) < 4.78 is 5.05. The number of hydrogen-bond acceptors (Lipinski definition) is 2. The molecule has 0 saturated carbocycles. The standard InChI is InChI=1S/C8H13N3O/c1-2-7-12-8-5-3-4-6-10-11-9/h1H,3-8H2. The van der Waals surface area contributed by atoms with E-state index >= 15 is 0 Å². The predicted octanol–water partition coefficient (Wildman–Crippen LogP) is 2.12. The van der Waals surface area contributed by atoms with Crippen molar-refractivity contribution < 1.29 is 4.74 Å². The maximum Gasteiger partial charge on any atom is 0.107 e. The Hall–Kier alpha value is -1.17. The zero-order valence-corrected chi connectivity index (χ0v) is 7.07. The van der Waals surface area contributed by atoms with Gasteiger partial charge < -0.3 is 4.74 Å². The fraction of sp³-hybridized carbons (Fsp3) is 0.750. The van der Waals surface area contributed by atoms with Gasteiger partial charge in [-0.2, -0.15) is 0 Å². The van der Waals surface area contributed by atoms with Crippen LogP contribution in [0.3, 0.4) is 0 Å². The number of rotatable bonds is 7. The molecule has 0 amide bonds. The van der Waals surface area contributed by atoms with Crippen molar-refractivity contribution in [1.29, 1.82) is 0 Å². The molecule has 0 unspecified atom stereocenters. The first kappa shape index (κ1) is 10.8. The summed E-state index contributed by atoms with van der Waals surface area (Å²) in [5, 5.41) is 3.41. The van der Waals surface area contributed by atoms with Gasteiger partial charge in [0.15, 0.2) is 0 Å². The lowest BCUT2D eigenvalue weighted by molar-refractivity contribution is 0.162. The molecule has 0 aromatic heterocycles. The van der Waals surface area contributed by atoms with E-state index in [9.17, 15) is 0 Å². The van der Waals surface area contributed by atoms with E-state index in [2.05, 4.69) is 15.9 Å². The molecule has 4 heteroatoms. The third-order valence-corrected chi connectivity index (χ3v) is 1.30. The van der Waals surface area contributed by atoms with Crippen LogP contribution in [-0.2, 0) is 4.74 Å². The maximum absolute atomic E-state index is 7.95. The van der Waals surface area contributed by atoms with Crippen LogP contribution in [0.4, 0.5) is 0 Å². The summed E-state index contributed by atoms with van der Waals surface area (Å²) in [6, 6.07) is 0. The molecule has 0 heterocycles. The number of azide groups is 1. The van der Waals surface area contributed by atoms with Crippen molar-refractivity contribution in [3.63, 3.8) is 0 Å². The third kappa shape index (κ3) is 8.83. The highest BCUT2D eigenvalue weighted by molar-refractivity contribution is 4.82. The van der Waals surface area contributed by atoms with E-state index in [0.717, 1.165) is 19.3 Å². The number of hydrogen-bond donors (Lipinski definition) is 0. The van der Waals surface area contributed by atoms with Gasteiger partial charge in [0.2, 0.25) is 0 Å². The molecular formula is C8H13N3O. The van der Waals surface area contributed by atoms with Gasteiger partial charge >= 0.3 is 0 Å². The van der Waals surface area contributed by atoms with E-state index in [1.54, 1.807) is 0 Å². The van der Waals surface area contributed by atoms with Crippen molar-refractivity contribution in [2.75, 3.05) is 19.8 Å². The molecular weight excluding hydrogens is 154 g/mol. The van der Waals surface area contributed by atoms with E-state index < -0.39 is 0 Å². The molecule has 4 nitrogen and oxygen atoms in total. The van der Waals surface area contributed by atoms with Crippen molar-refractivity contribution >= 4 is 0 Å². The molecule has 0 saturated heterocycles. The number of nitrogens with zero attached hydrogens (tertiary/aromatic N) is 3. The fourth-order valence-electron chi connectivity index (χ4n) is 0.739. The van der Waals surface area contributed by atoms with Crippen LogP contribution in [-0.4, -0.2) is 19.8 Å². The van der Waals surface area contributed by atoms with Crippen molar-refractivity contribution in [1.82, 2.24) is 0 Å². The largest absolute Gasteiger partial charge is 0.369 e. The molecule has 0 rings (SSSR count). The van der Waals surface area contributed by atoms with Gasteiger partial charge in [0.25, 0.3) is 0 Å². The molecule has 66 valence electrons. The summed E-state index contributed by atoms with van der Waals surface area (Å²) in [4.78, 5) is 2.65. The molecule has 0 radical (unpaired) electrons. The Labute approximate surface area is 72.5 Å². The summed E-state index contributed by atoms with van der Waals surface area (Å²) in [6.07, 6.45) is 7.89. The van der Waals surface area contributed by atoms with E-state index in [0.29, 0.717) is 19.8 Å². The van der Waals surface area contributed by atoms with Crippen LogP contribution >= 0.6 is 0 Å². The molecule has 0 aliphatic carbocycles. The smallest absolute Gasteiger partial charge is 0.107 e. The molecule has 12 heavy (non-hydrogen) atoms. The number of ether oxygens (including phenoxy) is 1. The normalized spacial score (nSPS) is 8.58. The van der Waals surface area contributed by atoms with Crippen molar-refractivity contribution in [3.8, 4) is 12.3 Å². The molecule has 0 aromatic rings. The van der Waals surface area contributed by atoms with Crippen LogP contribution in [0.2, 0.25) is 0 Å². The lowest BCUT2D eigenvalue weighted by Crippen LogP contribution is -1.94. The average molecular weight is 167 g/mol. The minimum atomic E-state index is 0.385. The molecule has 0 N–H and O–H groups in total. The van der Waals surface area contributed by atoms with Gasteiger partial charge in [-0.05, 0) is 18.4 Å².